The van der Waals surface area contributed by atoms with Crippen molar-refractivity contribution in [1.82, 2.24) is 0 Å². The van der Waals surface area contributed by atoms with Crippen molar-refractivity contribution in [2.75, 3.05) is 23.0 Å². The number of carbonyl (C=O) groups is 2. The minimum Gasteiger partial charge on any atom is -0.320 e. The van der Waals surface area contributed by atoms with Gasteiger partial charge in [0.1, 0.15) is 0 Å². The van der Waals surface area contributed by atoms with Crippen LogP contribution in [0, 0.1) is 11.7 Å². The fourth-order valence-corrected chi connectivity index (χ4v) is 5.77. The molecule has 0 aliphatic heterocycles. The van der Waals surface area contributed by atoms with Crippen molar-refractivity contribution in [3.63, 3.8) is 0 Å². The topological polar surface area (TPSA) is 83.6 Å². The van der Waals surface area contributed by atoms with E-state index in [0.29, 0.717) is 12.8 Å². The van der Waals surface area contributed by atoms with Crippen LogP contribution in [0.15, 0.2) is 64.0 Å². The molecular weight excluding hydrogens is 761 g/mol. The zero-order valence-electron chi connectivity index (χ0n) is 23.9. The third kappa shape index (κ3) is 7.30. The highest BCUT2D eigenvalue weighted by atomic mass is 79.9. The van der Waals surface area contributed by atoms with Gasteiger partial charge in [0.25, 0.3) is 11.8 Å². The van der Waals surface area contributed by atoms with Gasteiger partial charge in [0, 0.05) is 28.4 Å². The molecule has 0 aromatic heterocycles. The summed E-state index contributed by atoms with van der Waals surface area (Å²) >= 11 is 2.37. The molecule has 0 unspecified atom stereocenters. The van der Waals surface area contributed by atoms with Crippen LogP contribution in [0.3, 0.4) is 0 Å². The lowest BCUT2D eigenvalue weighted by Gasteiger charge is -2.31. The predicted octanol–water partition coefficient (Wildman–Crippen LogP) is 8.61. The molecule has 6 nitrogen and oxygen atoms in total. The van der Waals surface area contributed by atoms with Crippen molar-refractivity contribution in [3.8, 4) is 0 Å². The molecule has 1 saturated carbocycles. The Balaban J connectivity index is 1.76. The number of anilines is 2. The SMILES string of the molecule is CS(=O)(=O)c1ccc(C(=O)N(CC2CC2)c2cccc(C(=O)Nc3c(Br)cc(C(F)(C(F)(F)F)C(F)(F)F)cc3C(F)(F)F)c2F)cc1. The number of benzene rings is 3. The third-order valence-corrected chi connectivity index (χ3v) is 8.99. The van der Waals surface area contributed by atoms with Gasteiger partial charge in [-0.2, -0.15) is 39.5 Å². The number of sulfone groups is 1. The molecule has 1 aliphatic rings. The molecule has 260 valence electrons. The monoisotopic (exact) mass is 780 g/mol. The predicted molar refractivity (Wildman–Crippen MR) is 152 cm³/mol. The first-order valence-electron chi connectivity index (χ1n) is 13.3. The zero-order chi connectivity index (χ0) is 36.2. The Kier molecular flexibility index (Phi) is 9.75. The van der Waals surface area contributed by atoms with E-state index in [1.54, 1.807) is 5.32 Å². The average molecular weight is 781 g/mol. The largest absolute Gasteiger partial charge is 0.435 e. The number of amides is 2. The first-order valence-corrected chi connectivity index (χ1v) is 16.0. The molecule has 1 N–H and O–H groups in total. The first-order chi connectivity index (χ1) is 21.9. The van der Waals surface area contributed by atoms with Gasteiger partial charge in [0.2, 0.25) is 0 Å². The highest BCUT2D eigenvalue weighted by molar-refractivity contribution is 9.10. The Bertz CT molecular complexity index is 1840. The Hall–Kier alpha value is -3.74. The van der Waals surface area contributed by atoms with Gasteiger partial charge in [-0.3, -0.25) is 9.59 Å². The highest BCUT2D eigenvalue weighted by Crippen LogP contribution is 2.55. The molecule has 1 aliphatic carbocycles. The van der Waals surface area contributed by atoms with Crippen LogP contribution in [-0.2, 0) is 21.7 Å². The van der Waals surface area contributed by atoms with Crippen LogP contribution in [0.1, 0.15) is 44.7 Å². The van der Waals surface area contributed by atoms with Gasteiger partial charge in [0.15, 0.2) is 15.7 Å². The maximum atomic E-state index is 15.9. The highest BCUT2D eigenvalue weighted by Gasteiger charge is 2.73. The van der Waals surface area contributed by atoms with Gasteiger partial charge >= 0.3 is 24.2 Å². The summed E-state index contributed by atoms with van der Waals surface area (Å²) < 4.78 is 174. The van der Waals surface area contributed by atoms with Gasteiger partial charge in [-0.15, -0.1) is 0 Å². The molecule has 4 rings (SSSR count). The van der Waals surface area contributed by atoms with Crippen LogP contribution in [0.2, 0.25) is 0 Å². The molecule has 0 atom stereocenters. The van der Waals surface area contributed by atoms with E-state index in [0.717, 1.165) is 53.6 Å². The van der Waals surface area contributed by atoms with Crippen molar-refractivity contribution in [3.05, 3.63) is 87.1 Å². The quantitative estimate of drug-likeness (QED) is 0.232. The lowest BCUT2D eigenvalue weighted by atomic mass is 9.92. The van der Waals surface area contributed by atoms with Crippen LogP contribution in [0.4, 0.5) is 59.7 Å². The van der Waals surface area contributed by atoms with Gasteiger partial charge in [-0.25, -0.2) is 17.2 Å². The third-order valence-electron chi connectivity index (χ3n) is 7.24. The zero-order valence-corrected chi connectivity index (χ0v) is 26.3. The number of alkyl halides is 10. The Morgan fingerprint density at radius 3 is 1.94 bits per heavy atom. The van der Waals surface area contributed by atoms with Crippen LogP contribution >= 0.6 is 15.9 Å². The molecule has 0 heterocycles. The summed E-state index contributed by atoms with van der Waals surface area (Å²) in [5.41, 5.74) is -14.1. The number of rotatable bonds is 8. The van der Waals surface area contributed by atoms with E-state index in [2.05, 4.69) is 15.9 Å². The summed E-state index contributed by atoms with van der Waals surface area (Å²) in [5.74, 6) is -4.03. The molecule has 19 heteroatoms. The molecule has 48 heavy (non-hydrogen) atoms. The fraction of sp³-hybridized carbons (Fsp3) is 0.310. The standard InChI is InChI=1S/C29H20BrF11N2O4S/c1-48(46,47)17-9-7-15(8-10-17)25(45)43(13-14-5-6-14)21-4-2-3-18(22(21)31)24(44)42-23-19(27(33,34)35)11-16(12-20(23)30)26(32,28(36,37)38)29(39,40)41/h2-4,7-12,14H,5-6,13H2,1H3,(H,42,44). The molecule has 1 fully saturated rings. The Morgan fingerprint density at radius 2 is 1.46 bits per heavy atom. The Morgan fingerprint density at radius 1 is 0.896 bits per heavy atom. The molecular formula is C29H20BrF11N2O4S. The van der Waals surface area contributed by atoms with E-state index in [4.69, 9.17) is 0 Å². The number of hydrogen-bond donors (Lipinski definition) is 1. The average Bonchev–Trinajstić information content (AvgIpc) is 3.78. The second kappa shape index (κ2) is 12.6. The van der Waals surface area contributed by atoms with Gasteiger partial charge in [-0.05, 0) is 83.2 Å². The van der Waals surface area contributed by atoms with Gasteiger partial charge in [-0.1, -0.05) is 6.07 Å². The first kappa shape index (κ1) is 37.1. The lowest BCUT2D eigenvalue weighted by Crippen LogP contribution is -2.50. The molecule has 0 saturated heterocycles. The summed E-state index contributed by atoms with van der Waals surface area (Å²) in [6, 6.07) is 6.49. The summed E-state index contributed by atoms with van der Waals surface area (Å²) in [4.78, 5) is 27.4. The molecule has 3 aromatic carbocycles. The van der Waals surface area contributed by atoms with Crippen molar-refractivity contribution in [2.24, 2.45) is 5.92 Å². The van der Waals surface area contributed by atoms with Crippen molar-refractivity contribution in [1.29, 1.82) is 0 Å². The molecule has 3 aromatic rings. The van der Waals surface area contributed by atoms with Crippen molar-refractivity contribution < 1.29 is 66.3 Å². The smallest absolute Gasteiger partial charge is 0.320 e. The fourth-order valence-electron chi connectivity index (χ4n) is 4.58. The second-order valence-electron chi connectivity index (χ2n) is 10.8. The maximum absolute atomic E-state index is 15.9. The molecule has 0 spiro atoms. The minimum absolute atomic E-state index is 0.0801. The summed E-state index contributed by atoms with van der Waals surface area (Å²) in [6.45, 7) is -0.0801. The van der Waals surface area contributed by atoms with Gasteiger partial charge < -0.3 is 10.2 Å². The van der Waals surface area contributed by atoms with Crippen molar-refractivity contribution in [2.45, 2.75) is 41.9 Å². The normalized spacial score (nSPS) is 14.5. The van der Waals surface area contributed by atoms with E-state index in [9.17, 15) is 61.9 Å². The van der Waals surface area contributed by atoms with Crippen LogP contribution < -0.4 is 10.2 Å². The minimum atomic E-state index is -6.75. The second-order valence-corrected chi connectivity index (χ2v) is 13.7. The summed E-state index contributed by atoms with van der Waals surface area (Å²) in [7, 11) is -3.63. The van der Waals surface area contributed by atoms with Crippen LogP contribution in [-0.4, -0.2) is 45.4 Å². The number of nitrogens with one attached hydrogen (secondary N) is 1. The lowest BCUT2D eigenvalue weighted by molar-refractivity contribution is -0.348. The number of carbonyl (C=O) groups excluding carboxylic acids is 2. The number of halogens is 12. The number of hydrogen-bond acceptors (Lipinski definition) is 4. The Labute approximate surface area is 273 Å². The molecule has 0 radical (unpaired) electrons. The summed E-state index contributed by atoms with van der Waals surface area (Å²) in [5, 5.41) is 1.61. The summed E-state index contributed by atoms with van der Waals surface area (Å²) in [6.07, 6.45) is -17.0. The molecule has 0 bridgehead atoms. The van der Waals surface area contributed by atoms with Crippen LogP contribution in [0.5, 0.6) is 0 Å². The van der Waals surface area contributed by atoms with E-state index in [1.807, 2.05) is 0 Å². The van der Waals surface area contributed by atoms with E-state index >= 15 is 4.39 Å². The molecule has 2 amide bonds. The maximum Gasteiger partial charge on any atom is 0.435 e. The van der Waals surface area contributed by atoms with Gasteiger partial charge in [0.05, 0.1) is 27.4 Å². The van der Waals surface area contributed by atoms with E-state index in [-0.39, 0.29) is 29.0 Å². The van der Waals surface area contributed by atoms with E-state index in [1.165, 1.54) is 0 Å². The van der Waals surface area contributed by atoms with Crippen molar-refractivity contribution >= 4 is 49.0 Å². The van der Waals surface area contributed by atoms with Crippen LogP contribution in [0.25, 0.3) is 0 Å². The number of nitrogens with zero attached hydrogens (tertiary/aromatic N) is 1. The van der Waals surface area contributed by atoms with E-state index < -0.39 is 90.3 Å².